The smallest absolute Gasteiger partial charge is 0.271 e. The fourth-order valence-electron chi connectivity index (χ4n) is 3.25. The fourth-order valence-corrected chi connectivity index (χ4v) is 3.25. The van der Waals surface area contributed by atoms with Crippen LogP contribution in [0.5, 0.6) is 0 Å². The van der Waals surface area contributed by atoms with Crippen molar-refractivity contribution in [1.29, 1.82) is 0 Å². The van der Waals surface area contributed by atoms with Crippen LogP contribution in [-0.4, -0.2) is 33.9 Å². The molecule has 0 spiro atoms. The molecule has 0 aromatic carbocycles. The molecule has 5 nitrogen and oxygen atoms in total. The molecule has 18 heavy (non-hydrogen) atoms. The van der Waals surface area contributed by atoms with Crippen molar-refractivity contribution in [3.63, 3.8) is 0 Å². The Morgan fingerprint density at radius 1 is 1.28 bits per heavy atom. The van der Waals surface area contributed by atoms with Crippen LogP contribution in [0.1, 0.15) is 36.2 Å². The Hall–Kier alpha value is -1.65. The molecule has 1 aliphatic heterocycles. The molecule has 2 aliphatic rings. The van der Waals surface area contributed by atoms with Crippen LogP contribution in [0.3, 0.4) is 0 Å². The monoisotopic (exact) mass is 247 g/mol. The summed E-state index contributed by atoms with van der Waals surface area (Å²) in [5.41, 5.74) is -0.0134. The minimum absolute atomic E-state index is 0.0863. The molecule has 1 saturated carbocycles. The van der Waals surface area contributed by atoms with E-state index >= 15 is 0 Å². The molecular formula is C13H17N3O2. The first-order chi connectivity index (χ1) is 8.72. The first-order valence-electron chi connectivity index (χ1n) is 6.56. The van der Waals surface area contributed by atoms with Crippen LogP contribution in [0.25, 0.3) is 0 Å². The summed E-state index contributed by atoms with van der Waals surface area (Å²) >= 11 is 0. The standard InChI is InChI=1S/C13H17N3O2/c17-12-6-14-5-11(15-12)13(18)16-7-9-2-1-3-10(4-9)8-16/h5-6,9-10H,1-4,7-8H2,(H,15,17)/t9-,10-/m0/s1. The van der Waals surface area contributed by atoms with E-state index in [4.69, 9.17) is 0 Å². The number of nitrogens with one attached hydrogen (secondary N) is 1. The Balaban J connectivity index is 1.78. The molecule has 1 amide bonds. The molecule has 1 aliphatic carbocycles. The zero-order valence-electron chi connectivity index (χ0n) is 10.3. The zero-order valence-corrected chi connectivity index (χ0v) is 10.3. The highest BCUT2D eigenvalue weighted by Gasteiger charge is 2.33. The lowest BCUT2D eigenvalue weighted by Crippen LogP contribution is -2.46. The van der Waals surface area contributed by atoms with Crippen LogP contribution in [0, 0.1) is 11.8 Å². The number of carbonyl (C=O) groups is 1. The van der Waals surface area contributed by atoms with Crippen LogP contribution in [0.2, 0.25) is 0 Å². The largest absolute Gasteiger partial charge is 0.337 e. The van der Waals surface area contributed by atoms with Crippen LogP contribution in [0.4, 0.5) is 0 Å². The van der Waals surface area contributed by atoms with Crippen molar-refractivity contribution in [2.45, 2.75) is 25.7 Å². The highest BCUT2D eigenvalue weighted by atomic mass is 16.2. The van der Waals surface area contributed by atoms with Crippen molar-refractivity contribution in [3.8, 4) is 0 Å². The molecule has 5 heteroatoms. The summed E-state index contributed by atoms with van der Waals surface area (Å²) < 4.78 is 0. The summed E-state index contributed by atoms with van der Waals surface area (Å²) in [6, 6.07) is 0. The van der Waals surface area contributed by atoms with Crippen LogP contribution < -0.4 is 5.56 Å². The summed E-state index contributed by atoms with van der Waals surface area (Å²) in [5.74, 6) is 1.20. The van der Waals surface area contributed by atoms with E-state index in [-0.39, 0.29) is 11.5 Å². The van der Waals surface area contributed by atoms with Gasteiger partial charge in [0.2, 0.25) is 0 Å². The number of H-pyrrole nitrogens is 1. The normalized spacial score (nSPS) is 27.0. The second kappa shape index (κ2) is 4.55. The second-order valence-electron chi connectivity index (χ2n) is 5.42. The number of hydrogen-bond donors (Lipinski definition) is 1. The molecule has 2 atom stereocenters. The maximum atomic E-state index is 12.3. The molecule has 1 aromatic heterocycles. The maximum absolute atomic E-state index is 12.3. The Labute approximate surface area is 105 Å². The summed E-state index contributed by atoms with van der Waals surface area (Å²) in [4.78, 5) is 31.7. The average molecular weight is 247 g/mol. The molecule has 2 fully saturated rings. The van der Waals surface area contributed by atoms with E-state index in [0.717, 1.165) is 13.1 Å². The number of amides is 1. The van der Waals surface area contributed by atoms with Gasteiger partial charge in [0.1, 0.15) is 5.69 Å². The number of hydrogen-bond acceptors (Lipinski definition) is 3. The van der Waals surface area contributed by atoms with E-state index in [9.17, 15) is 9.59 Å². The van der Waals surface area contributed by atoms with Crippen molar-refractivity contribution in [2.75, 3.05) is 13.1 Å². The third kappa shape index (κ3) is 2.17. The molecule has 0 radical (unpaired) electrons. The number of aromatic nitrogens is 2. The van der Waals surface area contributed by atoms with Gasteiger partial charge in [-0.3, -0.25) is 14.6 Å². The average Bonchev–Trinajstić information content (AvgIpc) is 2.37. The third-order valence-electron chi connectivity index (χ3n) is 4.02. The Morgan fingerprint density at radius 3 is 2.67 bits per heavy atom. The molecule has 1 saturated heterocycles. The van der Waals surface area contributed by atoms with E-state index < -0.39 is 0 Å². The van der Waals surface area contributed by atoms with Gasteiger partial charge in [-0.25, -0.2) is 0 Å². The minimum Gasteiger partial charge on any atom is -0.337 e. The van der Waals surface area contributed by atoms with Gasteiger partial charge in [-0.15, -0.1) is 0 Å². The Bertz CT molecular complexity index is 499. The second-order valence-corrected chi connectivity index (χ2v) is 5.42. The van der Waals surface area contributed by atoms with Crippen molar-refractivity contribution in [2.24, 2.45) is 11.8 Å². The predicted molar refractivity (Wildman–Crippen MR) is 66.2 cm³/mol. The molecule has 96 valence electrons. The SMILES string of the molecule is O=C(c1cncc(=O)[nH]1)N1C[C@H]2CCC[C@@H](C2)C1. The zero-order chi connectivity index (χ0) is 12.5. The number of piperidine rings is 1. The number of carbonyl (C=O) groups excluding carboxylic acids is 1. The molecule has 2 heterocycles. The summed E-state index contributed by atoms with van der Waals surface area (Å²) in [7, 11) is 0. The fraction of sp³-hybridized carbons (Fsp3) is 0.615. The van der Waals surface area contributed by atoms with E-state index in [1.165, 1.54) is 38.1 Å². The molecular weight excluding hydrogens is 230 g/mol. The molecule has 1 aromatic rings. The lowest BCUT2D eigenvalue weighted by Gasteiger charge is -2.41. The molecule has 0 unspecified atom stereocenters. The first-order valence-corrected chi connectivity index (χ1v) is 6.56. The lowest BCUT2D eigenvalue weighted by molar-refractivity contribution is 0.0498. The molecule has 2 bridgehead atoms. The van der Waals surface area contributed by atoms with E-state index in [1.807, 2.05) is 4.90 Å². The highest BCUT2D eigenvalue weighted by Crippen LogP contribution is 2.34. The first kappa shape index (κ1) is 11.4. The van der Waals surface area contributed by atoms with Crippen molar-refractivity contribution < 1.29 is 4.79 Å². The van der Waals surface area contributed by atoms with Gasteiger partial charge in [0, 0.05) is 13.1 Å². The minimum atomic E-state index is -0.321. The summed E-state index contributed by atoms with van der Waals surface area (Å²) in [5, 5.41) is 0. The quantitative estimate of drug-likeness (QED) is 0.806. The third-order valence-corrected chi connectivity index (χ3v) is 4.02. The van der Waals surface area contributed by atoms with Crippen LogP contribution in [0.15, 0.2) is 17.2 Å². The van der Waals surface area contributed by atoms with Crippen molar-refractivity contribution in [1.82, 2.24) is 14.9 Å². The number of aromatic amines is 1. The van der Waals surface area contributed by atoms with Gasteiger partial charge in [0.25, 0.3) is 11.5 Å². The van der Waals surface area contributed by atoms with Gasteiger partial charge < -0.3 is 9.88 Å². The van der Waals surface area contributed by atoms with E-state index in [2.05, 4.69) is 9.97 Å². The van der Waals surface area contributed by atoms with Gasteiger partial charge in [0.05, 0.1) is 12.4 Å². The summed E-state index contributed by atoms with van der Waals surface area (Å²) in [6.07, 6.45) is 7.62. The highest BCUT2D eigenvalue weighted by molar-refractivity contribution is 5.92. The number of nitrogens with zero attached hydrogens (tertiary/aromatic N) is 2. The molecule has 3 rings (SSSR count). The van der Waals surface area contributed by atoms with Gasteiger partial charge >= 0.3 is 0 Å². The van der Waals surface area contributed by atoms with Gasteiger partial charge in [-0.2, -0.15) is 0 Å². The molecule has 1 N–H and O–H groups in total. The number of fused-ring (bicyclic) bond motifs is 2. The van der Waals surface area contributed by atoms with Gasteiger partial charge in [-0.1, -0.05) is 6.42 Å². The topological polar surface area (TPSA) is 66.1 Å². The number of likely N-dealkylation sites (tertiary alicyclic amines) is 1. The van der Waals surface area contributed by atoms with Gasteiger partial charge in [-0.05, 0) is 31.1 Å². The Kier molecular flexibility index (Phi) is 2.89. The van der Waals surface area contributed by atoms with Crippen molar-refractivity contribution in [3.05, 3.63) is 28.4 Å². The van der Waals surface area contributed by atoms with E-state index in [0.29, 0.717) is 17.5 Å². The predicted octanol–water partition coefficient (Wildman–Crippen LogP) is 1.03. The summed E-state index contributed by atoms with van der Waals surface area (Å²) in [6.45, 7) is 1.65. The number of rotatable bonds is 1. The van der Waals surface area contributed by atoms with Crippen molar-refractivity contribution >= 4 is 5.91 Å². The Morgan fingerprint density at radius 2 is 2.00 bits per heavy atom. The van der Waals surface area contributed by atoms with Gasteiger partial charge in [0.15, 0.2) is 0 Å². The van der Waals surface area contributed by atoms with E-state index in [1.54, 1.807) is 0 Å². The van der Waals surface area contributed by atoms with Crippen LogP contribution in [-0.2, 0) is 0 Å². The maximum Gasteiger partial charge on any atom is 0.271 e. The van der Waals surface area contributed by atoms with Crippen LogP contribution >= 0.6 is 0 Å². The lowest BCUT2D eigenvalue weighted by atomic mass is 9.78.